The van der Waals surface area contributed by atoms with Crippen LogP contribution in [0.3, 0.4) is 0 Å². The van der Waals surface area contributed by atoms with Gasteiger partial charge in [0, 0.05) is 32.3 Å². The summed E-state index contributed by atoms with van der Waals surface area (Å²) >= 11 is 0. The Kier molecular flexibility index (Phi) is 8.93. The lowest BCUT2D eigenvalue weighted by Crippen LogP contribution is -2.38. The third kappa shape index (κ3) is 6.32. The van der Waals surface area contributed by atoms with Gasteiger partial charge in [-0.1, -0.05) is 39.2 Å². The molecule has 0 radical (unpaired) electrons. The van der Waals surface area contributed by atoms with E-state index in [-0.39, 0.29) is 0 Å². The predicted octanol–water partition coefficient (Wildman–Crippen LogP) is 3.43. The SMILES string of the molecule is CCCCC(CC)CN=C(NCC)NCCCc1nnc2ccccn12. The van der Waals surface area contributed by atoms with Crippen molar-refractivity contribution in [2.45, 2.75) is 59.3 Å². The first-order valence-electron chi connectivity index (χ1n) is 10.1. The van der Waals surface area contributed by atoms with Gasteiger partial charge in [0.05, 0.1) is 0 Å². The summed E-state index contributed by atoms with van der Waals surface area (Å²) in [6.45, 7) is 9.28. The van der Waals surface area contributed by atoms with Gasteiger partial charge in [0.1, 0.15) is 5.82 Å². The second-order valence-electron chi connectivity index (χ2n) is 6.71. The van der Waals surface area contributed by atoms with Crippen LogP contribution >= 0.6 is 0 Å². The molecule has 0 aliphatic heterocycles. The van der Waals surface area contributed by atoms with Crippen molar-refractivity contribution in [3.8, 4) is 0 Å². The van der Waals surface area contributed by atoms with E-state index in [1.807, 2.05) is 24.4 Å². The molecule has 0 spiro atoms. The zero-order chi connectivity index (χ0) is 18.6. The van der Waals surface area contributed by atoms with Crippen molar-refractivity contribution in [1.29, 1.82) is 0 Å². The van der Waals surface area contributed by atoms with Crippen molar-refractivity contribution in [2.24, 2.45) is 10.9 Å². The molecule has 2 N–H and O–H groups in total. The third-order valence-electron chi connectivity index (χ3n) is 4.65. The van der Waals surface area contributed by atoms with Gasteiger partial charge >= 0.3 is 0 Å². The Morgan fingerprint density at radius 1 is 1.15 bits per heavy atom. The van der Waals surface area contributed by atoms with Crippen molar-refractivity contribution in [2.75, 3.05) is 19.6 Å². The molecule has 26 heavy (non-hydrogen) atoms. The van der Waals surface area contributed by atoms with Gasteiger partial charge in [-0.15, -0.1) is 10.2 Å². The molecule has 2 aromatic heterocycles. The highest BCUT2D eigenvalue weighted by atomic mass is 15.2. The van der Waals surface area contributed by atoms with Crippen LogP contribution in [0.25, 0.3) is 5.65 Å². The number of aromatic nitrogens is 3. The summed E-state index contributed by atoms with van der Waals surface area (Å²) in [7, 11) is 0. The van der Waals surface area contributed by atoms with E-state index < -0.39 is 0 Å². The first kappa shape index (κ1) is 20.2. The van der Waals surface area contributed by atoms with Crippen molar-refractivity contribution in [3.63, 3.8) is 0 Å². The average Bonchev–Trinajstić information content (AvgIpc) is 3.08. The second-order valence-corrected chi connectivity index (χ2v) is 6.71. The van der Waals surface area contributed by atoms with E-state index in [1.165, 1.54) is 25.7 Å². The summed E-state index contributed by atoms with van der Waals surface area (Å²) in [6.07, 6.45) is 8.93. The number of hydrogen-bond donors (Lipinski definition) is 2. The Bertz CT molecular complexity index is 663. The molecule has 1 unspecified atom stereocenters. The molecule has 2 heterocycles. The fraction of sp³-hybridized carbons (Fsp3) is 0.650. The minimum absolute atomic E-state index is 0.688. The monoisotopic (exact) mass is 358 g/mol. The van der Waals surface area contributed by atoms with Gasteiger partial charge in [-0.3, -0.25) is 9.39 Å². The zero-order valence-electron chi connectivity index (χ0n) is 16.5. The fourth-order valence-corrected chi connectivity index (χ4v) is 2.99. The molecule has 6 nitrogen and oxygen atoms in total. The first-order chi connectivity index (χ1) is 12.8. The first-order valence-corrected chi connectivity index (χ1v) is 10.1. The number of nitrogens with one attached hydrogen (secondary N) is 2. The third-order valence-corrected chi connectivity index (χ3v) is 4.65. The lowest BCUT2D eigenvalue weighted by molar-refractivity contribution is 0.461. The molecule has 0 aliphatic carbocycles. The summed E-state index contributed by atoms with van der Waals surface area (Å²) in [5.41, 5.74) is 0.906. The molecule has 0 aliphatic rings. The summed E-state index contributed by atoms with van der Waals surface area (Å²) in [5.74, 6) is 2.62. The van der Waals surface area contributed by atoms with Gasteiger partial charge < -0.3 is 10.6 Å². The molecular formula is C20H34N6. The van der Waals surface area contributed by atoms with Crippen LogP contribution in [0.4, 0.5) is 0 Å². The van der Waals surface area contributed by atoms with Gasteiger partial charge in [0.25, 0.3) is 0 Å². The van der Waals surface area contributed by atoms with Crippen molar-refractivity contribution in [1.82, 2.24) is 25.2 Å². The molecule has 0 saturated carbocycles. The Balaban J connectivity index is 1.79. The number of guanidine groups is 1. The van der Waals surface area contributed by atoms with Gasteiger partial charge in [0.15, 0.2) is 11.6 Å². The van der Waals surface area contributed by atoms with Crippen LogP contribution in [0.1, 0.15) is 58.7 Å². The molecule has 0 aromatic carbocycles. The Labute approximate surface area is 157 Å². The Morgan fingerprint density at radius 3 is 2.81 bits per heavy atom. The summed E-state index contributed by atoms with van der Waals surface area (Å²) in [4.78, 5) is 4.78. The van der Waals surface area contributed by atoms with Crippen LogP contribution in [0.2, 0.25) is 0 Å². The number of aliphatic imine (C=N–C) groups is 1. The molecule has 0 fully saturated rings. The minimum Gasteiger partial charge on any atom is -0.357 e. The number of fused-ring (bicyclic) bond motifs is 1. The highest BCUT2D eigenvalue weighted by Crippen LogP contribution is 2.12. The van der Waals surface area contributed by atoms with Crippen molar-refractivity contribution in [3.05, 3.63) is 30.2 Å². The largest absolute Gasteiger partial charge is 0.357 e. The summed E-state index contributed by atoms with van der Waals surface area (Å²) in [5, 5.41) is 15.3. The maximum Gasteiger partial charge on any atom is 0.191 e. The predicted molar refractivity (Wildman–Crippen MR) is 109 cm³/mol. The van der Waals surface area contributed by atoms with Crippen LogP contribution in [-0.4, -0.2) is 40.2 Å². The van der Waals surface area contributed by atoms with E-state index in [0.717, 1.165) is 49.9 Å². The van der Waals surface area contributed by atoms with E-state index >= 15 is 0 Å². The van der Waals surface area contributed by atoms with Gasteiger partial charge in [-0.25, -0.2) is 0 Å². The van der Waals surface area contributed by atoms with E-state index in [0.29, 0.717) is 5.92 Å². The lowest BCUT2D eigenvalue weighted by atomic mass is 10.00. The highest BCUT2D eigenvalue weighted by Gasteiger charge is 2.07. The number of pyridine rings is 1. The Hall–Kier alpha value is -2.11. The topological polar surface area (TPSA) is 66.6 Å². The molecule has 2 rings (SSSR count). The Morgan fingerprint density at radius 2 is 2.04 bits per heavy atom. The van der Waals surface area contributed by atoms with Crippen LogP contribution in [0.15, 0.2) is 29.4 Å². The maximum absolute atomic E-state index is 4.78. The van der Waals surface area contributed by atoms with E-state index in [1.54, 1.807) is 0 Å². The van der Waals surface area contributed by atoms with E-state index in [2.05, 4.69) is 46.0 Å². The molecule has 2 aromatic rings. The second kappa shape index (κ2) is 11.5. The zero-order valence-corrected chi connectivity index (χ0v) is 16.5. The van der Waals surface area contributed by atoms with Gasteiger partial charge in [-0.2, -0.15) is 0 Å². The number of rotatable bonds is 11. The molecule has 0 amide bonds. The maximum atomic E-state index is 4.78. The quantitative estimate of drug-likeness (QED) is 0.367. The van der Waals surface area contributed by atoms with E-state index in [9.17, 15) is 0 Å². The van der Waals surface area contributed by atoms with Crippen LogP contribution in [0.5, 0.6) is 0 Å². The van der Waals surface area contributed by atoms with Gasteiger partial charge in [0.2, 0.25) is 0 Å². The summed E-state index contributed by atoms with van der Waals surface area (Å²) < 4.78 is 2.05. The fourth-order valence-electron chi connectivity index (χ4n) is 2.99. The standard InChI is InChI=1S/C20H34N6/c1-4-7-11-17(5-2)16-23-20(21-6-3)22-14-10-13-19-25-24-18-12-8-9-15-26(18)19/h8-9,12,15,17H,4-7,10-11,13-14,16H2,1-3H3,(H2,21,22,23). The molecule has 0 bridgehead atoms. The molecule has 6 heteroatoms. The number of unbranched alkanes of at least 4 members (excludes halogenated alkanes) is 1. The average molecular weight is 359 g/mol. The van der Waals surface area contributed by atoms with Crippen molar-refractivity contribution >= 4 is 11.6 Å². The van der Waals surface area contributed by atoms with Crippen molar-refractivity contribution < 1.29 is 0 Å². The molecule has 0 saturated heterocycles. The molecule has 144 valence electrons. The van der Waals surface area contributed by atoms with Crippen LogP contribution in [-0.2, 0) is 6.42 Å². The smallest absolute Gasteiger partial charge is 0.191 e. The number of aryl methyl sites for hydroxylation is 1. The minimum atomic E-state index is 0.688. The highest BCUT2D eigenvalue weighted by molar-refractivity contribution is 5.79. The normalized spacial score (nSPS) is 13.1. The van der Waals surface area contributed by atoms with E-state index in [4.69, 9.17) is 4.99 Å². The van der Waals surface area contributed by atoms with Crippen LogP contribution in [0, 0.1) is 5.92 Å². The number of nitrogens with zero attached hydrogens (tertiary/aromatic N) is 4. The molecular weight excluding hydrogens is 324 g/mol. The summed E-state index contributed by atoms with van der Waals surface area (Å²) in [6, 6.07) is 5.97. The van der Waals surface area contributed by atoms with Crippen LogP contribution < -0.4 is 10.6 Å². The lowest BCUT2D eigenvalue weighted by Gasteiger charge is -2.15. The number of hydrogen-bond acceptors (Lipinski definition) is 3. The molecule has 1 atom stereocenters. The van der Waals surface area contributed by atoms with Gasteiger partial charge in [-0.05, 0) is 37.8 Å².